The summed E-state index contributed by atoms with van der Waals surface area (Å²) >= 11 is 0. The number of carbonyl (C=O) groups excluding carboxylic acids is 1. The molecule has 2 saturated heterocycles. The van der Waals surface area contributed by atoms with Crippen LogP contribution in [0.15, 0.2) is 36.7 Å². The minimum Gasteiger partial charge on any atom is -0.492 e. The van der Waals surface area contributed by atoms with E-state index in [1.807, 2.05) is 36.5 Å². The number of imidazole rings is 1. The fraction of sp³-hybridized carbons (Fsp3) is 0.565. The summed E-state index contributed by atoms with van der Waals surface area (Å²) in [6.07, 6.45) is 4.45. The number of aromatic nitrogens is 2. The Balaban J connectivity index is 1.28. The van der Waals surface area contributed by atoms with E-state index in [0.29, 0.717) is 18.9 Å². The maximum absolute atomic E-state index is 11.8. The molecule has 1 aromatic heterocycles. The molecule has 3 heterocycles. The number of amides is 1. The normalized spacial score (nSPS) is 20.8. The highest BCUT2D eigenvalue weighted by molar-refractivity contribution is 5.78. The monoisotopic (exact) mass is 411 g/mol. The molecule has 0 spiro atoms. The molecule has 2 fully saturated rings. The molecule has 1 aromatic carbocycles. The van der Waals surface area contributed by atoms with Crippen LogP contribution in [0.3, 0.4) is 0 Å². The number of hydrogen-bond acceptors (Lipinski definition) is 5. The largest absolute Gasteiger partial charge is 0.492 e. The first-order valence-electron chi connectivity index (χ1n) is 11.1. The number of likely N-dealkylation sites (N-methyl/N-ethyl adjacent to an activating group) is 1. The molecule has 7 heteroatoms. The van der Waals surface area contributed by atoms with E-state index >= 15 is 0 Å². The van der Waals surface area contributed by atoms with Crippen LogP contribution in [-0.2, 0) is 11.3 Å². The zero-order valence-corrected chi connectivity index (χ0v) is 18.2. The van der Waals surface area contributed by atoms with E-state index in [4.69, 9.17) is 4.74 Å². The topological polar surface area (TPSA) is 53.8 Å². The van der Waals surface area contributed by atoms with Crippen molar-refractivity contribution >= 4 is 5.91 Å². The number of rotatable bonds is 8. The van der Waals surface area contributed by atoms with Gasteiger partial charge in [-0.15, -0.1) is 0 Å². The van der Waals surface area contributed by atoms with Crippen molar-refractivity contribution in [1.82, 2.24) is 24.3 Å². The molecule has 7 nitrogen and oxygen atoms in total. The molecule has 2 aromatic rings. The van der Waals surface area contributed by atoms with Crippen molar-refractivity contribution in [2.45, 2.75) is 19.9 Å². The molecular weight excluding hydrogens is 378 g/mol. The molecule has 0 radical (unpaired) electrons. The lowest BCUT2D eigenvalue weighted by atomic mass is 10.1. The van der Waals surface area contributed by atoms with Gasteiger partial charge in [-0.1, -0.05) is 6.92 Å². The number of piperazine rings is 1. The highest BCUT2D eigenvalue weighted by Gasteiger charge is 2.27. The second-order valence-electron chi connectivity index (χ2n) is 8.40. The third-order valence-electron chi connectivity index (χ3n) is 6.29. The second-order valence-corrected chi connectivity index (χ2v) is 8.40. The van der Waals surface area contributed by atoms with Gasteiger partial charge in [0.15, 0.2) is 0 Å². The van der Waals surface area contributed by atoms with Crippen LogP contribution < -0.4 is 4.74 Å². The molecule has 162 valence electrons. The van der Waals surface area contributed by atoms with E-state index in [9.17, 15) is 4.79 Å². The summed E-state index contributed by atoms with van der Waals surface area (Å²) in [6.45, 7) is 11.2. The average Bonchev–Trinajstić information content (AvgIpc) is 3.35. The number of nitrogens with zero attached hydrogens (tertiary/aromatic N) is 5. The van der Waals surface area contributed by atoms with Crippen LogP contribution in [0.4, 0.5) is 0 Å². The Hall–Kier alpha value is -2.38. The highest BCUT2D eigenvalue weighted by atomic mass is 16.5. The molecule has 0 saturated carbocycles. The van der Waals surface area contributed by atoms with Gasteiger partial charge in [0.1, 0.15) is 18.2 Å². The molecule has 2 aliphatic rings. The van der Waals surface area contributed by atoms with Gasteiger partial charge in [0.05, 0.1) is 0 Å². The maximum Gasteiger partial charge on any atom is 0.222 e. The number of carbonyl (C=O) groups is 1. The van der Waals surface area contributed by atoms with Gasteiger partial charge in [0, 0.05) is 83.2 Å². The minimum atomic E-state index is 0.232. The van der Waals surface area contributed by atoms with Crippen LogP contribution in [0.1, 0.15) is 13.3 Å². The van der Waals surface area contributed by atoms with Crippen molar-refractivity contribution in [2.75, 3.05) is 59.5 Å². The van der Waals surface area contributed by atoms with Crippen molar-refractivity contribution < 1.29 is 9.53 Å². The van der Waals surface area contributed by atoms with Crippen molar-refractivity contribution in [3.8, 4) is 17.1 Å². The Morgan fingerprint density at radius 2 is 1.83 bits per heavy atom. The lowest BCUT2D eigenvalue weighted by molar-refractivity contribution is -0.126. The summed E-state index contributed by atoms with van der Waals surface area (Å²) in [5, 5.41) is 0. The fourth-order valence-electron chi connectivity index (χ4n) is 4.40. The minimum absolute atomic E-state index is 0.232. The van der Waals surface area contributed by atoms with E-state index in [1.165, 1.54) is 0 Å². The molecule has 1 atom stereocenters. The maximum atomic E-state index is 11.8. The lowest BCUT2D eigenvalue weighted by Gasteiger charge is -2.33. The Morgan fingerprint density at radius 3 is 2.50 bits per heavy atom. The van der Waals surface area contributed by atoms with Crippen LogP contribution in [-0.4, -0.2) is 89.6 Å². The Bertz CT molecular complexity index is 826. The van der Waals surface area contributed by atoms with Crippen molar-refractivity contribution in [2.24, 2.45) is 5.92 Å². The molecular formula is C23H33N5O2. The van der Waals surface area contributed by atoms with Gasteiger partial charge in [-0.2, -0.15) is 0 Å². The summed E-state index contributed by atoms with van der Waals surface area (Å²) in [6, 6.07) is 8.19. The van der Waals surface area contributed by atoms with Gasteiger partial charge < -0.3 is 19.1 Å². The third-order valence-corrected chi connectivity index (χ3v) is 6.29. The standard InChI is InChI=1S/C23H33N5O2/c1-3-26-10-12-27(13-11-26)14-15-30-21-6-4-20(5-7-21)23-24-8-9-28(23)18-19-16-22(29)25(2)17-19/h4-9,19H,3,10-18H2,1-2H3. The summed E-state index contributed by atoms with van der Waals surface area (Å²) in [4.78, 5) is 23.1. The summed E-state index contributed by atoms with van der Waals surface area (Å²) in [5.41, 5.74) is 1.07. The van der Waals surface area contributed by atoms with Crippen LogP contribution in [0.2, 0.25) is 0 Å². The van der Waals surface area contributed by atoms with Gasteiger partial charge in [-0.05, 0) is 30.8 Å². The quantitative estimate of drug-likeness (QED) is 0.666. The SMILES string of the molecule is CCN1CCN(CCOc2ccc(-c3nccn3CC3CC(=O)N(C)C3)cc2)CC1. The molecule has 4 rings (SSSR count). The number of benzene rings is 1. The Kier molecular flexibility index (Phi) is 6.69. The summed E-state index contributed by atoms with van der Waals surface area (Å²) < 4.78 is 8.13. The molecule has 1 unspecified atom stereocenters. The highest BCUT2D eigenvalue weighted by Crippen LogP contribution is 2.24. The van der Waals surface area contributed by atoms with E-state index in [1.54, 1.807) is 0 Å². The second kappa shape index (κ2) is 9.62. The van der Waals surface area contributed by atoms with Gasteiger partial charge in [-0.25, -0.2) is 4.98 Å². The number of likely N-dealkylation sites (tertiary alicyclic amines) is 1. The van der Waals surface area contributed by atoms with E-state index in [-0.39, 0.29) is 5.91 Å². The molecule has 0 bridgehead atoms. The predicted octanol–water partition coefficient (Wildman–Crippen LogP) is 2.04. The first-order chi connectivity index (χ1) is 14.6. The molecule has 30 heavy (non-hydrogen) atoms. The molecule has 2 aliphatic heterocycles. The Labute approximate surface area is 179 Å². The van der Waals surface area contributed by atoms with Gasteiger partial charge in [0.25, 0.3) is 0 Å². The van der Waals surface area contributed by atoms with Crippen LogP contribution in [0.25, 0.3) is 11.4 Å². The van der Waals surface area contributed by atoms with E-state index in [0.717, 1.165) is 69.5 Å². The van der Waals surface area contributed by atoms with Gasteiger partial charge >= 0.3 is 0 Å². The summed E-state index contributed by atoms with van der Waals surface area (Å²) in [7, 11) is 1.88. The lowest BCUT2D eigenvalue weighted by Crippen LogP contribution is -2.47. The van der Waals surface area contributed by atoms with Crippen molar-refractivity contribution in [3.05, 3.63) is 36.7 Å². The van der Waals surface area contributed by atoms with Crippen LogP contribution in [0.5, 0.6) is 5.75 Å². The third kappa shape index (κ3) is 5.02. The zero-order valence-electron chi connectivity index (χ0n) is 18.2. The summed E-state index contributed by atoms with van der Waals surface area (Å²) in [5.74, 6) is 2.41. The van der Waals surface area contributed by atoms with Crippen molar-refractivity contribution in [3.63, 3.8) is 0 Å². The van der Waals surface area contributed by atoms with Gasteiger partial charge in [-0.3, -0.25) is 9.69 Å². The van der Waals surface area contributed by atoms with Crippen molar-refractivity contribution in [1.29, 1.82) is 0 Å². The number of ether oxygens (including phenoxy) is 1. The molecule has 0 N–H and O–H groups in total. The fourth-order valence-corrected chi connectivity index (χ4v) is 4.40. The molecule has 0 aliphatic carbocycles. The van der Waals surface area contributed by atoms with Crippen LogP contribution in [0, 0.1) is 5.92 Å². The van der Waals surface area contributed by atoms with E-state index < -0.39 is 0 Å². The van der Waals surface area contributed by atoms with Gasteiger partial charge in [0.2, 0.25) is 5.91 Å². The smallest absolute Gasteiger partial charge is 0.222 e. The van der Waals surface area contributed by atoms with Crippen LogP contribution >= 0.6 is 0 Å². The van der Waals surface area contributed by atoms with E-state index in [2.05, 4.69) is 38.4 Å². The Morgan fingerprint density at radius 1 is 1.10 bits per heavy atom. The molecule has 1 amide bonds. The zero-order chi connectivity index (χ0) is 20.9. The first kappa shape index (κ1) is 20.9. The predicted molar refractivity (Wildman–Crippen MR) is 117 cm³/mol. The number of hydrogen-bond donors (Lipinski definition) is 0. The first-order valence-corrected chi connectivity index (χ1v) is 11.1. The average molecular weight is 412 g/mol.